The Morgan fingerprint density at radius 1 is 1.47 bits per heavy atom. The van der Waals surface area contributed by atoms with Crippen molar-refractivity contribution in [1.82, 2.24) is 4.98 Å². The van der Waals surface area contributed by atoms with E-state index < -0.39 is 0 Å². The van der Waals surface area contributed by atoms with E-state index >= 15 is 0 Å². The molecule has 96 valence electrons. The van der Waals surface area contributed by atoms with Crippen LogP contribution in [0.5, 0.6) is 0 Å². The Kier molecular flexibility index (Phi) is 5.18. The van der Waals surface area contributed by atoms with Gasteiger partial charge in [-0.25, -0.2) is 4.98 Å². The Balaban J connectivity index is 2.99. The van der Waals surface area contributed by atoms with Crippen LogP contribution < -0.4 is 11.5 Å². The molecule has 0 aliphatic carbocycles. The first-order chi connectivity index (χ1) is 7.97. The monoisotopic (exact) mass is 257 g/mol. The summed E-state index contributed by atoms with van der Waals surface area (Å²) in [6.07, 6.45) is 1.42. The summed E-state index contributed by atoms with van der Waals surface area (Å²) in [6.45, 7) is 6.69. The van der Waals surface area contributed by atoms with Gasteiger partial charge in [0.15, 0.2) is 0 Å². The molecule has 5 heteroatoms. The maximum Gasteiger partial charge on any atom is 0.128 e. The molecule has 0 spiro atoms. The number of hydrogen-bond donors (Lipinski definition) is 2. The molecule has 1 aromatic heterocycles. The van der Waals surface area contributed by atoms with Gasteiger partial charge in [-0.05, 0) is 18.9 Å². The number of ether oxygens (including phenoxy) is 1. The summed E-state index contributed by atoms with van der Waals surface area (Å²) >= 11 is 5.91. The van der Waals surface area contributed by atoms with Crippen LogP contribution in [0, 0.1) is 5.92 Å². The van der Waals surface area contributed by atoms with Crippen molar-refractivity contribution in [3.8, 4) is 0 Å². The van der Waals surface area contributed by atoms with Gasteiger partial charge < -0.3 is 16.2 Å². The van der Waals surface area contributed by atoms with E-state index in [0.717, 1.165) is 5.56 Å². The van der Waals surface area contributed by atoms with Crippen LogP contribution in [0.25, 0.3) is 0 Å². The first-order valence-corrected chi connectivity index (χ1v) is 6.13. The maximum atomic E-state index is 6.19. The summed E-state index contributed by atoms with van der Waals surface area (Å²) in [5.41, 5.74) is 12.8. The van der Waals surface area contributed by atoms with E-state index in [9.17, 15) is 0 Å². The predicted octanol–water partition coefficient (Wildman–Crippen LogP) is 2.38. The van der Waals surface area contributed by atoms with Gasteiger partial charge in [0.2, 0.25) is 0 Å². The van der Waals surface area contributed by atoms with Crippen LogP contribution in [-0.2, 0) is 4.74 Å². The van der Waals surface area contributed by atoms with Crippen molar-refractivity contribution in [2.24, 2.45) is 11.7 Å². The smallest absolute Gasteiger partial charge is 0.128 e. The molecule has 2 unspecified atom stereocenters. The van der Waals surface area contributed by atoms with Crippen LogP contribution in [0.4, 0.5) is 5.82 Å². The molecule has 0 saturated heterocycles. The third kappa shape index (κ3) is 3.56. The summed E-state index contributed by atoms with van der Waals surface area (Å²) < 4.78 is 5.66. The van der Waals surface area contributed by atoms with E-state index in [2.05, 4.69) is 18.8 Å². The Morgan fingerprint density at radius 3 is 2.65 bits per heavy atom. The molecule has 0 aliphatic heterocycles. The number of halogens is 1. The van der Waals surface area contributed by atoms with Crippen molar-refractivity contribution in [2.45, 2.75) is 32.9 Å². The number of nitrogen functional groups attached to an aromatic ring is 1. The summed E-state index contributed by atoms with van der Waals surface area (Å²) in [5.74, 6) is 0.704. The van der Waals surface area contributed by atoms with Gasteiger partial charge in [0, 0.05) is 18.4 Å². The molecule has 0 radical (unpaired) electrons. The van der Waals surface area contributed by atoms with Crippen LogP contribution in [-0.4, -0.2) is 17.7 Å². The van der Waals surface area contributed by atoms with E-state index in [1.165, 1.54) is 6.20 Å². The highest BCUT2D eigenvalue weighted by molar-refractivity contribution is 6.30. The van der Waals surface area contributed by atoms with Gasteiger partial charge in [0.05, 0.1) is 17.2 Å². The molecule has 0 aliphatic rings. The van der Waals surface area contributed by atoms with Gasteiger partial charge in [-0.2, -0.15) is 0 Å². The fraction of sp³-hybridized carbons (Fsp3) is 0.583. The van der Waals surface area contributed by atoms with Gasteiger partial charge in [-0.15, -0.1) is 0 Å². The molecule has 0 amide bonds. The molecule has 4 nitrogen and oxygen atoms in total. The van der Waals surface area contributed by atoms with Gasteiger partial charge >= 0.3 is 0 Å². The van der Waals surface area contributed by atoms with Gasteiger partial charge in [-0.1, -0.05) is 25.4 Å². The summed E-state index contributed by atoms with van der Waals surface area (Å²) in [6, 6.07) is 1.43. The average Bonchev–Trinajstić information content (AvgIpc) is 2.28. The van der Waals surface area contributed by atoms with E-state index in [-0.39, 0.29) is 12.1 Å². The van der Waals surface area contributed by atoms with Crippen LogP contribution in [0.15, 0.2) is 12.3 Å². The lowest BCUT2D eigenvalue weighted by Crippen LogP contribution is -2.34. The van der Waals surface area contributed by atoms with Crippen LogP contribution >= 0.6 is 11.6 Å². The van der Waals surface area contributed by atoms with E-state index in [1.54, 1.807) is 6.07 Å². The number of nitrogens with zero attached hydrogens (tertiary/aromatic N) is 1. The van der Waals surface area contributed by atoms with Crippen molar-refractivity contribution >= 4 is 17.4 Å². The van der Waals surface area contributed by atoms with Crippen molar-refractivity contribution in [3.05, 3.63) is 22.8 Å². The molecule has 0 bridgehead atoms. The first-order valence-electron chi connectivity index (χ1n) is 5.75. The number of anilines is 1. The minimum Gasteiger partial charge on any atom is -0.383 e. The third-order valence-corrected chi connectivity index (χ3v) is 2.85. The molecule has 4 N–H and O–H groups in total. The molecule has 1 heterocycles. The molecule has 0 saturated carbocycles. The lowest BCUT2D eigenvalue weighted by molar-refractivity contribution is 0.0122. The quantitative estimate of drug-likeness (QED) is 0.849. The molecule has 1 rings (SSSR count). The Morgan fingerprint density at radius 2 is 2.12 bits per heavy atom. The van der Waals surface area contributed by atoms with E-state index in [0.29, 0.717) is 23.4 Å². The van der Waals surface area contributed by atoms with E-state index in [1.807, 2.05) is 6.92 Å². The van der Waals surface area contributed by atoms with Crippen molar-refractivity contribution in [2.75, 3.05) is 12.3 Å². The first kappa shape index (κ1) is 14.2. The highest BCUT2D eigenvalue weighted by Crippen LogP contribution is 2.27. The number of hydrogen-bond acceptors (Lipinski definition) is 4. The fourth-order valence-corrected chi connectivity index (χ4v) is 1.98. The second kappa shape index (κ2) is 6.19. The zero-order valence-electron chi connectivity index (χ0n) is 10.5. The highest BCUT2D eigenvalue weighted by Gasteiger charge is 2.25. The zero-order chi connectivity index (χ0) is 13.0. The summed E-state index contributed by atoms with van der Waals surface area (Å²) in [7, 11) is 0. The minimum atomic E-state index is -0.318. The Bertz CT molecular complexity index is 371. The molecule has 0 aromatic carbocycles. The maximum absolute atomic E-state index is 6.19. The molecular weight excluding hydrogens is 238 g/mol. The van der Waals surface area contributed by atoms with Crippen LogP contribution in [0.2, 0.25) is 5.02 Å². The second-order valence-corrected chi connectivity index (χ2v) is 4.75. The molecular formula is C12H20ClN3O. The van der Waals surface area contributed by atoms with Gasteiger partial charge in [0.25, 0.3) is 0 Å². The third-order valence-electron chi connectivity index (χ3n) is 2.65. The van der Waals surface area contributed by atoms with Crippen molar-refractivity contribution < 1.29 is 4.74 Å². The van der Waals surface area contributed by atoms with Crippen LogP contribution in [0.3, 0.4) is 0 Å². The van der Waals surface area contributed by atoms with E-state index in [4.69, 9.17) is 27.8 Å². The normalized spacial score (nSPS) is 14.9. The van der Waals surface area contributed by atoms with Gasteiger partial charge in [-0.3, -0.25) is 0 Å². The highest BCUT2D eigenvalue weighted by atomic mass is 35.5. The average molecular weight is 258 g/mol. The minimum absolute atomic E-state index is 0.0948. The second-order valence-electron chi connectivity index (χ2n) is 4.32. The number of nitrogens with two attached hydrogens (primary N) is 2. The Labute approximate surface area is 107 Å². The number of aromatic nitrogens is 1. The standard InChI is InChI=1S/C12H20ClN3O/c1-4-17-11(7(2)3)10(14)9-5-8(13)6-16-12(9)15/h5-7,10-11H,4,14H2,1-3H3,(H2,15,16). The molecule has 0 fully saturated rings. The van der Waals surface area contributed by atoms with Gasteiger partial charge in [0.1, 0.15) is 5.82 Å². The molecule has 17 heavy (non-hydrogen) atoms. The number of rotatable bonds is 5. The van der Waals surface area contributed by atoms with Crippen molar-refractivity contribution in [3.63, 3.8) is 0 Å². The van der Waals surface area contributed by atoms with Crippen LogP contribution in [0.1, 0.15) is 32.4 Å². The predicted molar refractivity (Wildman–Crippen MR) is 70.8 cm³/mol. The lowest BCUT2D eigenvalue weighted by atomic mass is 9.94. The summed E-state index contributed by atoms with van der Waals surface area (Å²) in [4.78, 5) is 4.01. The lowest BCUT2D eigenvalue weighted by Gasteiger charge is -2.28. The largest absolute Gasteiger partial charge is 0.383 e. The zero-order valence-corrected chi connectivity index (χ0v) is 11.2. The SMILES string of the molecule is CCOC(C(C)C)C(N)c1cc(Cl)cnc1N. The number of pyridine rings is 1. The fourth-order valence-electron chi connectivity index (χ4n) is 1.81. The Hall–Kier alpha value is -0.840. The summed E-state index contributed by atoms with van der Waals surface area (Å²) in [5, 5.41) is 0.531. The molecule has 1 aromatic rings. The molecule has 2 atom stereocenters. The topological polar surface area (TPSA) is 74.2 Å². The van der Waals surface area contributed by atoms with Crippen molar-refractivity contribution in [1.29, 1.82) is 0 Å².